The molecule has 1 aromatic rings. The van der Waals surface area contributed by atoms with Gasteiger partial charge in [-0.25, -0.2) is 0 Å². The van der Waals surface area contributed by atoms with Crippen LogP contribution in [0.3, 0.4) is 0 Å². The van der Waals surface area contributed by atoms with Crippen molar-refractivity contribution < 1.29 is 4.79 Å². The molecule has 3 rings (SSSR count). The number of hydrogen-bond donors (Lipinski definition) is 1. The van der Waals surface area contributed by atoms with Gasteiger partial charge >= 0.3 is 0 Å². The van der Waals surface area contributed by atoms with E-state index in [4.69, 9.17) is 5.73 Å². The first kappa shape index (κ1) is 14.4. The summed E-state index contributed by atoms with van der Waals surface area (Å²) in [5.74, 6) is 0.915. The van der Waals surface area contributed by atoms with Gasteiger partial charge in [-0.3, -0.25) is 4.79 Å². The number of nitrogen functional groups attached to an aromatic ring is 1. The Balaban J connectivity index is 1.75. The molecule has 0 saturated heterocycles. The smallest absolute Gasteiger partial charge is 0.254 e. The average molecular weight is 286 g/mol. The van der Waals surface area contributed by atoms with Crippen LogP contribution in [0.4, 0.5) is 5.69 Å². The molecule has 2 aliphatic carbocycles. The van der Waals surface area contributed by atoms with Gasteiger partial charge in [0.15, 0.2) is 0 Å². The maximum absolute atomic E-state index is 12.9. The summed E-state index contributed by atoms with van der Waals surface area (Å²) in [6.45, 7) is 2.93. The number of hydrogen-bond acceptors (Lipinski definition) is 2. The number of carbonyl (C=O) groups is 1. The van der Waals surface area contributed by atoms with Crippen molar-refractivity contribution >= 4 is 11.6 Å². The van der Waals surface area contributed by atoms with Gasteiger partial charge in [-0.15, -0.1) is 0 Å². The van der Waals surface area contributed by atoms with E-state index in [0.717, 1.165) is 23.4 Å². The highest BCUT2D eigenvalue weighted by atomic mass is 16.2. The molecule has 0 aromatic heterocycles. The van der Waals surface area contributed by atoms with E-state index in [2.05, 4.69) is 4.90 Å². The summed E-state index contributed by atoms with van der Waals surface area (Å²) in [5.41, 5.74) is 8.35. The van der Waals surface area contributed by atoms with Crippen LogP contribution in [-0.2, 0) is 0 Å². The highest BCUT2D eigenvalue weighted by Crippen LogP contribution is 2.33. The van der Waals surface area contributed by atoms with E-state index < -0.39 is 0 Å². The fourth-order valence-corrected chi connectivity index (χ4v) is 3.51. The third kappa shape index (κ3) is 3.39. The van der Waals surface area contributed by atoms with Crippen LogP contribution < -0.4 is 5.73 Å². The second kappa shape index (κ2) is 6.08. The summed E-state index contributed by atoms with van der Waals surface area (Å²) in [6.07, 6.45) is 8.95. The minimum Gasteiger partial charge on any atom is -0.399 e. The van der Waals surface area contributed by atoms with Crippen molar-refractivity contribution in [2.24, 2.45) is 5.92 Å². The molecule has 0 unspecified atom stereocenters. The molecule has 0 heterocycles. The highest BCUT2D eigenvalue weighted by Gasteiger charge is 2.35. The number of anilines is 1. The Hall–Kier alpha value is -1.51. The van der Waals surface area contributed by atoms with Gasteiger partial charge in [-0.1, -0.05) is 19.3 Å². The van der Waals surface area contributed by atoms with E-state index in [1.54, 1.807) is 0 Å². The summed E-state index contributed by atoms with van der Waals surface area (Å²) in [7, 11) is 0. The number of benzene rings is 1. The van der Waals surface area contributed by atoms with E-state index in [9.17, 15) is 4.79 Å². The predicted molar refractivity (Wildman–Crippen MR) is 86.2 cm³/mol. The Labute approximate surface area is 127 Å². The molecular formula is C18H26N2O. The molecule has 2 aliphatic rings. The predicted octanol–water partition coefficient (Wildman–Crippen LogP) is 3.76. The van der Waals surface area contributed by atoms with Gasteiger partial charge in [0, 0.05) is 23.8 Å². The van der Waals surface area contributed by atoms with Crippen LogP contribution in [0.15, 0.2) is 18.2 Å². The number of nitrogens with two attached hydrogens (primary N) is 1. The fraction of sp³-hybridized carbons (Fsp3) is 0.611. The van der Waals surface area contributed by atoms with Crippen LogP contribution in [0.25, 0.3) is 0 Å². The molecule has 0 radical (unpaired) electrons. The first-order valence-electron chi connectivity index (χ1n) is 8.32. The highest BCUT2D eigenvalue weighted by molar-refractivity contribution is 5.96. The molecule has 114 valence electrons. The molecule has 2 fully saturated rings. The maximum Gasteiger partial charge on any atom is 0.254 e. The zero-order chi connectivity index (χ0) is 14.8. The van der Waals surface area contributed by atoms with E-state index in [-0.39, 0.29) is 5.91 Å². The van der Waals surface area contributed by atoms with Crippen molar-refractivity contribution in [3.05, 3.63) is 29.3 Å². The molecule has 0 aliphatic heterocycles. The monoisotopic (exact) mass is 286 g/mol. The lowest BCUT2D eigenvalue weighted by molar-refractivity contribution is 0.0698. The van der Waals surface area contributed by atoms with Gasteiger partial charge in [0.05, 0.1) is 0 Å². The van der Waals surface area contributed by atoms with Crippen molar-refractivity contribution in [2.75, 3.05) is 12.3 Å². The maximum atomic E-state index is 12.9. The van der Waals surface area contributed by atoms with Crippen LogP contribution in [-0.4, -0.2) is 23.4 Å². The minimum absolute atomic E-state index is 0.209. The SMILES string of the molecule is Cc1cc(N)ccc1C(=O)N(CC1CCCCC1)C1CC1. The lowest BCUT2D eigenvalue weighted by Crippen LogP contribution is -2.38. The van der Waals surface area contributed by atoms with Gasteiger partial charge in [-0.2, -0.15) is 0 Å². The number of amides is 1. The molecular weight excluding hydrogens is 260 g/mol. The number of carbonyl (C=O) groups excluding carboxylic acids is 1. The largest absolute Gasteiger partial charge is 0.399 e. The first-order valence-corrected chi connectivity index (χ1v) is 8.32. The van der Waals surface area contributed by atoms with Crippen LogP contribution in [0.1, 0.15) is 60.9 Å². The Morgan fingerprint density at radius 2 is 1.90 bits per heavy atom. The summed E-state index contributed by atoms with van der Waals surface area (Å²) in [4.78, 5) is 15.1. The molecule has 0 spiro atoms. The third-order valence-electron chi connectivity index (χ3n) is 4.91. The van der Waals surface area contributed by atoms with Crippen LogP contribution in [0.2, 0.25) is 0 Å². The molecule has 2 N–H and O–H groups in total. The number of nitrogens with zero attached hydrogens (tertiary/aromatic N) is 1. The number of aryl methyl sites for hydroxylation is 1. The molecule has 1 aromatic carbocycles. The molecule has 3 heteroatoms. The van der Waals surface area contributed by atoms with Crippen molar-refractivity contribution in [1.82, 2.24) is 4.90 Å². The van der Waals surface area contributed by atoms with Crippen molar-refractivity contribution in [2.45, 2.75) is 57.9 Å². The lowest BCUT2D eigenvalue weighted by Gasteiger charge is -2.30. The summed E-state index contributed by atoms with van der Waals surface area (Å²) < 4.78 is 0. The van der Waals surface area contributed by atoms with Crippen molar-refractivity contribution in [3.8, 4) is 0 Å². The molecule has 3 nitrogen and oxygen atoms in total. The van der Waals surface area contributed by atoms with Gasteiger partial charge < -0.3 is 10.6 Å². The Morgan fingerprint density at radius 3 is 2.52 bits per heavy atom. The quantitative estimate of drug-likeness (QED) is 0.857. The van der Waals surface area contributed by atoms with Crippen molar-refractivity contribution in [3.63, 3.8) is 0 Å². The van der Waals surface area contributed by atoms with E-state index in [0.29, 0.717) is 12.0 Å². The Bertz CT molecular complexity index is 516. The summed E-state index contributed by atoms with van der Waals surface area (Å²) in [5, 5.41) is 0. The number of rotatable bonds is 4. The summed E-state index contributed by atoms with van der Waals surface area (Å²) in [6, 6.07) is 6.12. The minimum atomic E-state index is 0.209. The second-order valence-corrected chi connectivity index (χ2v) is 6.77. The standard InChI is InChI=1S/C18H26N2O/c1-13-11-15(19)7-10-17(13)18(21)20(16-8-9-16)12-14-5-3-2-4-6-14/h7,10-11,14,16H,2-6,8-9,12,19H2,1H3. The van der Waals surface area contributed by atoms with E-state index in [1.807, 2.05) is 25.1 Å². The van der Waals surface area contributed by atoms with Crippen LogP contribution >= 0.6 is 0 Å². The normalized spacial score (nSPS) is 19.5. The van der Waals surface area contributed by atoms with Gasteiger partial charge in [0.1, 0.15) is 0 Å². The molecule has 0 atom stereocenters. The van der Waals surface area contributed by atoms with E-state index >= 15 is 0 Å². The topological polar surface area (TPSA) is 46.3 Å². The second-order valence-electron chi connectivity index (χ2n) is 6.77. The van der Waals surface area contributed by atoms with Crippen LogP contribution in [0.5, 0.6) is 0 Å². The van der Waals surface area contributed by atoms with Gasteiger partial charge in [0.25, 0.3) is 5.91 Å². The zero-order valence-corrected chi connectivity index (χ0v) is 13.0. The fourth-order valence-electron chi connectivity index (χ4n) is 3.51. The Morgan fingerprint density at radius 1 is 1.19 bits per heavy atom. The van der Waals surface area contributed by atoms with Gasteiger partial charge in [-0.05, 0) is 62.3 Å². The molecule has 0 bridgehead atoms. The van der Waals surface area contributed by atoms with E-state index in [1.165, 1.54) is 44.9 Å². The lowest BCUT2D eigenvalue weighted by atomic mass is 9.88. The van der Waals surface area contributed by atoms with Crippen molar-refractivity contribution in [1.29, 1.82) is 0 Å². The third-order valence-corrected chi connectivity index (χ3v) is 4.91. The first-order chi connectivity index (χ1) is 10.1. The average Bonchev–Trinajstić information content (AvgIpc) is 3.30. The summed E-state index contributed by atoms with van der Waals surface area (Å²) >= 11 is 0. The van der Waals surface area contributed by atoms with Crippen LogP contribution in [0, 0.1) is 12.8 Å². The molecule has 2 saturated carbocycles. The Kier molecular flexibility index (Phi) is 4.18. The zero-order valence-electron chi connectivity index (χ0n) is 13.0. The molecule has 21 heavy (non-hydrogen) atoms. The molecule has 1 amide bonds. The van der Waals surface area contributed by atoms with Gasteiger partial charge in [0.2, 0.25) is 0 Å².